The Morgan fingerprint density at radius 1 is 1.42 bits per heavy atom. The van der Waals surface area contributed by atoms with Gasteiger partial charge >= 0.3 is 5.97 Å². The van der Waals surface area contributed by atoms with Crippen LogP contribution in [0, 0.1) is 0 Å². The van der Waals surface area contributed by atoms with E-state index in [2.05, 4.69) is 6.92 Å². The fourth-order valence-electron chi connectivity index (χ4n) is 2.03. The number of hydrogen-bond donors (Lipinski definition) is 1. The largest absolute Gasteiger partial charge is 0.478 e. The number of rotatable bonds is 5. The zero-order chi connectivity index (χ0) is 13.7. The lowest BCUT2D eigenvalue weighted by Gasteiger charge is -2.11. The van der Waals surface area contributed by atoms with Crippen LogP contribution in [0.2, 0.25) is 0 Å². The fourth-order valence-corrected chi connectivity index (χ4v) is 2.03. The normalized spacial score (nSPS) is 23.0. The van der Waals surface area contributed by atoms with Crippen molar-refractivity contribution in [2.24, 2.45) is 0 Å². The Morgan fingerprint density at radius 3 is 2.79 bits per heavy atom. The fraction of sp³-hybridized carbons (Fsp3) is 0.400. The molecule has 0 bridgehead atoms. The first-order valence-electron chi connectivity index (χ1n) is 6.47. The van der Waals surface area contributed by atoms with E-state index in [1.165, 1.54) is 0 Å². The molecule has 1 saturated heterocycles. The number of carbonyl (C=O) groups is 1. The zero-order valence-corrected chi connectivity index (χ0v) is 10.9. The molecule has 4 nitrogen and oxygen atoms in total. The van der Waals surface area contributed by atoms with E-state index in [0.29, 0.717) is 6.61 Å². The summed E-state index contributed by atoms with van der Waals surface area (Å²) < 4.78 is 11.4. The average Bonchev–Trinajstić information content (AvgIpc) is 2.86. The molecule has 1 N–H and O–H groups in total. The highest BCUT2D eigenvalue weighted by Gasteiger charge is 2.26. The number of ether oxygens (including phenoxy) is 2. The number of aliphatic carboxylic acids is 1. The van der Waals surface area contributed by atoms with Crippen LogP contribution in [0.3, 0.4) is 0 Å². The van der Waals surface area contributed by atoms with Crippen molar-refractivity contribution in [3.63, 3.8) is 0 Å². The van der Waals surface area contributed by atoms with E-state index in [9.17, 15) is 4.79 Å². The number of benzene rings is 1. The van der Waals surface area contributed by atoms with Crippen LogP contribution in [-0.4, -0.2) is 23.8 Å². The van der Waals surface area contributed by atoms with Gasteiger partial charge in [0, 0.05) is 11.6 Å². The predicted octanol–water partition coefficient (Wildman–Crippen LogP) is 3.00. The summed E-state index contributed by atoms with van der Waals surface area (Å²) in [7, 11) is 0. The minimum Gasteiger partial charge on any atom is -0.478 e. The summed E-state index contributed by atoms with van der Waals surface area (Å²) in [5.74, 6) is -0.950. The molecule has 1 fully saturated rings. The van der Waals surface area contributed by atoms with Gasteiger partial charge < -0.3 is 14.6 Å². The Balaban J connectivity index is 1.97. The molecule has 1 aliphatic rings. The average molecular weight is 262 g/mol. The summed E-state index contributed by atoms with van der Waals surface area (Å²) in [6.45, 7) is 2.76. The molecule has 1 aliphatic heterocycles. The number of hydrogen-bond acceptors (Lipinski definition) is 3. The van der Waals surface area contributed by atoms with Crippen molar-refractivity contribution in [1.82, 2.24) is 0 Å². The lowest BCUT2D eigenvalue weighted by molar-refractivity contribution is -0.131. The third-order valence-corrected chi connectivity index (χ3v) is 2.99. The molecule has 0 spiro atoms. The SMILES string of the molecule is CCCC1COC(c2ccc(/C=C/C(=O)O)cc2)O1. The zero-order valence-electron chi connectivity index (χ0n) is 10.9. The standard InChI is InChI=1S/C15H18O4/c1-2-3-13-10-18-15(19-13)12-7-4-11(5-8-12)6-9-14(16)17/h4-9,13,15H,2-3,10H2,1H3,(H,16,17)/b9-6+. The van der Waals surface area contributed by atoms with Crippen LogP contribution in [-0.2, 0) is 14.3 Å². The Bertz CT molecular complexity index is 450. The molecule has 4 heteroatoms. The topological polar surface area (TPSA) is 55.8 Å². The Morgan fingerprint density at radius 2 is 2.16 bits per heavy atom. The van der Waals surface area contributed by atoms with E-state index in [1.807, 2.05) is 24.3 Å². The van der Waals surface area contributed by atoms with E-state index in [4.69, 9.17) is 14.6 Å². The molecular formula is C15H18O4. The molecule has 1 heterocycles. The Labute approximate surface area is 112 Å². The van der Waals surface area contributed by atoms with Gasteiger partial charge in [0.1, 0.15) is 0 Å². The van der Waals surface area contributed by atoms with E-state index in [-0.39, 0.29) is 12.4 Å². The van der Waals surface area contributed by atoms with Crippen LogP contribution >= 0.6 is 0 Å². The first kappa shape index (κ1) is 13.8. The monoisotopic (exact) mass is 262 g/mol. The summed E-state index contributed by atoms with van der Waals surface area (Å²) in [5.41, 5.74) is 1.81. The highest BCUT2D eigenvalue weighted by Crippen LogP contribution is 2.28. The van der Waals surface area contributed by atoms with Gasteiger partial charge in [-0.25, -0.2) is 4.79 Å². The first-order chi connectivity index (χ1) is 9.19. The quantitative estimate of drug-likeness (QED) is 0.829. The number of carboxylic acids is 1. The van der Waals surface area contributed by atoms with Gasteiger partial charge in [-0.05, 0) is 18.1 Å². The Kier molecular flexibility index (Phi) is 4.71. The first-order valence-corrected chi connectivity index (χ1v) is 6.47. The van der Waals surface area contributed by atoms with Crippen molar-refractivity contribution in [2.45, 2.75) is 32.2 Å². The summed E-state index contributed by atoms with van der Waals surface area (Å²) in [4.78, 5) is 10.4. The van der Waals surface area contributed by atoms with Gasteiger partial charge in [0.05, 0.1) is 12.7 Å². The van der Waals surface area contributed by atoms with Crippen LogP contribution in [0.5, 0.6) is 0 Å². The minimum atomic E-state index is -0.950. The van der Waals surface area contributed by atoms with Gasteiger partial charge in [0.2, 0.25) is 0 Å². The number of carboxylic acid groups (broad SMARTS) is 1. The Hall–Kier alpha value is -1.65. The molecule has 2 rings (SSSR count). The van der Waals surface area contributed by atoms with E-state index in [0.717, 1.165) is 30.0 Å². The van der Waals surface area contributed by atoms with E-state index >= 15 is 0 Å². The second-order valence-corrected chi connectivity index (χ2v) is 4.55. The second-order valence-electron chi connectivity index (χ2n) is 4.55. The van der Waals surface area contributed by atoms with Crippen LogP contribution in [0.25, 0.3) is 6.08 Å². The van der Waals surface area contributed by atoms with Crippen molar-refractivity contribution in [2.75, 3.05) is 6.61 Å². The molecule has 0 saturated carbocycles. The summed E-state index contributed by atoms with van der Waals surface area (Å²) in [6, 6.07) is 7.52. The van der Waals surface area contributed by atoms with Gasteiger partial charge in [0.25, 0.3) is 0 Å². The smallest absolute Gasteiger partial charge is 0.328 e. The lowest BCUT2D eigenvalue weighted by atomic mass is 10.1. The summed E-state index contributed by atoms with van der Waals surface area (Å²) in [6.07, 6.45) is 4.66. The third kappa shape index (κ3) is 3.91. The van der Waals surface area contributed by atoms with Crippen molar-refractivity contribution in [3.05, 3.63) is 41.5 Å². The van der Waals surface area contributed by atoms with E-state index in [1.54, 1.807) is 6.08 Å². The highest BCUT2D eigenvalue weighted by molar-refractivity contribution is 5.85. The molecule has 0 amide bonds. The van der Waals surface area contributed by atoms with Crippen LogP contribution in [0.15, 0.2) is 30.3 Å². The molecular weight excluding hydrogens is 244 g/mol. The summed E-state index contributed by atoms with van der Waals surface area (Å²) in [5, 5.41) is 8.55. The molecule has 1 aromatic rings. The van der Waals surface area contributed by atoms with Crippen LogP contribution in [0.1, 0.15) is 37.2 Å². The molecule has 1 aromatic carbocycles. The maximum Gasteiger partial charge on any atom is 0.328 e. The van der Waals surface area contributed by atoms with Crippen LogP contribution in [0.4, 0.5) is 0 Å². The van der Waals surface area contributed by atoms with Gasteiger partial charge in [-0.1, -0.05) is 37.6 Å². The van der Waals surface area contributed by atoms with Gasteiger partial charge in [-0.3, -0.25) is 0 Å². The molecule has 19 heavy (non-hydrogen) atoms. The predicted molar refractivity (Wildman–Crippen MR) is 71.6 cm³/mol. The highest BCUT2D eigenvalue weighted by atomic mass is 16.7. The summed E-state index contributed by atoms with van der Waals surface area (Å²) >= 11 is 0. The van der Waals surface area contributed by atoms with Crippen molar-refractivity contribution in [1.29, 1.82) is 0 Å². The molecule has 0 aliphatic carbocycles. The molecule has 2 atom stereocenters. The van der Waals surface area contributed by atoms with Crippen LogP contribution < -0.4 is 0 Å². The van der Waals surface area contributed by atoms with Gasteiger partial charge in [-0.2, -0.15) is 0 Å². The molecule has 0 radical (unpaired) electrons. The molecule has 2 unspecified atom stereocenters. The van der Waals surface area contributed by atoms with Gasteiger partial charge in [-0.15, -0.1) is 0 Å². The molecule has 0 aromatic heterocycles. The second kappa shape index (κ2) is 6.50. The van der Waals surface area contributed by atoms with Gasteiger partial charge in [0.15, 0.2) is 6.29 Å². The maximum atomic E-state index is 10.4. The third-order valence-electron chi connectivity index (χ3n) is 2.99. The van der Waals surface area contributed by atoms with Crippen molar-refractivity contribution >= 4 is 12.0 Å². The van der Waals surface area contributed by atoms with Crippen molar-refractivity contribution < 1.29 is 19.4 Å². The minimum absolute atomic E-state index is 0.182. The maximum absolute atomic E-state index is 10.4. The van der Waals surface area contributed by atoms with E-state index < -0.39 is 5.97 Å². The van der Waals surface area contributed by atoms with Crippen molar-refractivity contribution in [3.8, 4) is 0 Å². The lowest BCUT2D eigenvalue weighted by Crippen LogP contribution is -2.08. The molecule has 102 valence electrons.